The lowest BCUT2D eigenvalue weighted by atomic mass is 9.88. The zero-order valence-electron chi connectivity index (χ0n) is 12.2. The van der Waals surface area contributed by atoms with Crippen molar-refractivity contribution in [3.8, 4) is 0 Å². The van der Waals surface area contributed by atoms with Crippen molar-refractivity contribution in [2.75, 3.05) is 0 Å². The Bertz CT molecular complexity index is 657. The van der Waals surface area contributed by atoms with Crippen LogP contribution < -0.4 is 5.32 Å². The summed E-state index contributed by atoms with van der Waals surface area (Å²) in [7, 11) is 0. The van der Waals surface area contributed by atoms with Crippen LogP contribution in [0.5, 0.6) is 0 Å². The fraction of sp³-hybridized carbons (Fsp3) is 0.278. The maximum absolute atomic E-state index is 12.0. The second-order valence-electron chi connectivity index (χ2n) is 5.49. The van der Waals surface area contributed by atoms with Gasteiger partial charge in [0.25, 0.3) is 0 Å². The Labute approximate surface area is 144 Å². The minimum Gasteiger partial charge on any atom is -0.445 e. The van der Waals surface area contributed by atoms with Crippen LogP contribution in [0.2, 0.25) is 0 Å². The topological polar surface area (TPSA) is 38.3 Å². The van der Waals surface area contributed by atoms with E-state index in [9.17, 15) is 4.79 Å². The first-order chi connectivity index (χ1) is 10.7. The zero-order chi connectivity index (χ0) is 15.4. The van der Waals surface area contributed by atoms with Crippen molar-refractivity contribution in [2.24, 2.45) is 0 Å². The van der Waals surface area contributed by atoms with Crippen LogP contribution in [0.3, 0.4) is 0 Å². The third-order valence-corrected chi connectivity index (χ3v) is 4.60. The van der Waals surface area contributed by atoms with Crippen LogP contribution >= 0.6 is 22.6 Å². The number of amides is 1. The van der Waals surface area contributed by atoms with E-state index in [0.717, 1.165) is 24.8 Å². The molecule has 1 atom stereocenters. The molecular weight excluding hydrogens is 389 g/mol. The van der Waals surface area contributed by atoms with E-state index in [1.807, 2.05) is 30.3 Å². The van der Waals surface area contributed by atoms with Gasteiger partial charge in [-0.2, -0.15) is 0 Å². The number of nitrogens with one attached hydrogen (secondary N) is 1. The van der Waals surface area contributed by atoms with Gasteiger partial charge in [-0.05, 0) is 70.7 Å². The van der Waals surface area contributed by atoms with Gasteiger partial charge in [0.1, 0.15) is 6.61 Å². The van der Waals surface area contributed by atoms with E-state index in [-0.39, 0.29) is 12.1 Å². The SMILES string of the molecule is O=C(NC1CCCc2ccc(I)cc21)OCc1ccccc1. The van der Waals surface area contributed by atoms with Gasteiger partial charge >= 0.3 is 6.09 Å². The number of ether oxygens (including phenoxy) is 1. The Balaban J connectivity index is 1.62. The summed E-state index contributed by atoms with van der Waals surface area (Å²) in [6.07, 6.45) is 2.80. The predicted octanol–water partition coefficient (Wildman–Crippen LogP) is 4.60. The Morgan fingerprint density at radius 3 is 2.86 bits per heavy atom. The first-order valence-corrected chi connectivity index (χ1v) is 8.56. The molecular formula is C18H18INO2. The lowest BCUT2D eigenvalue weighted by molar-refractivity contribution is 0.134. The molecule has 0 aromatic heterocycles. The molecule has 0 fully saturated rings. The molecule has 0 heterocycles. The lowest BCUT2D eigenvalue weighted by Gasteiger charge is -2.26. The van der Waals surface area contributed by atoms with Crippen LogP contribution in [0.1, 0.15) is 35.6 Å². The highest BCUT2D eigenvalue weighted by Gasteiger charge is 2.22. The number of carbonyl (C=O) groups is 1. The largest absolute Gasteiger partial charge is 0.445 e. The van der Waals surface area contributed by atoms with Crippen LogP contribution in [-0.2, 0) is 17.8 Å². The molecule has 3 rings (SSSR count). The number of carbonyl (C=O) groups excluding carboxylic acids is 1. The molecule has 1 unspecified atom stereocenters. The van der Waals surface area contributed by atoms with Crippen LogP contribution in [0, 0.1) is 3.57 Å². The van der Waals surface area contributed by atoms with Crippen LogP contribution in [0.25, 0.3) is 0 Å². The van der Waals surface area contributed by atoms with E-state index in [1.165, 1.54) is 14.7 Å². The average Bonchev–Trinajstić information content (AvgIpc) is 2.54. The van der Waals surface area contributed by atoms with Crippen molar-refractivity contribution < 1.29 is 9.53 Å². The maximum atomic E-state index is 12.0. The van der Waals surface area contributed by atoms with Crippen molar-refractivity contribution in [2.45, 2.75) is 31.9 Å². The molecule has 0 radical (unpaired) electrons. The second kappa shape index (κ2) is 7.13. The molecule has 1 amide bonds. The molecule has 1 aliphatic carbocycles. The summed E-state index contributed by atoms with van der Waals surface area (Å²) >= 11 is 2.31. The van der Waals surface area contributed by atoms with Crippen LogP contribution in [-0.4, -0.2) is 6.09 Å². The van der Waals surface area contributed by atoms with E-state index in [4.69, 9.17) is 4.74 Å². The molecule has 0 spiro atoms. The van der Waals surface area contributed by atoms with E-state index in [0.29, 0.717) is 6.61 Å². The molecule has 3 nitrogen and oxygen atoms in total. The van der Waals surface area contributed by atoms with Crippen molar-refractivity contribution >= 4 is 28.7 Å². The summed E-state index contributed by atoms with van der Waals surface area (Å²) in [5.74, 6) is 0. The Morgan fingerprint density at radius 1 is 1.23 bits per heavy atom. The molecule has 0 aliphatic heterocycles. The molecule has 4 heteroatoms. The number of alkyl carbamates (subject to hydrolysis) is 1. The molecule has 0 bridgehead atoms. The minimum atomic E-state index is -0.347. The minimum absolute atomic E-state index is 0.0572. The Hall–Kier alpha value is -1.56. The number of fused-ring (bicyclic) bond motifs is 1. The summed E-state index contributed by atoms with van der Waals surface area (Å²) in [5, 5.41) is 3.01. The molecule has 0 saturated heterocycles. The fourth-order valence-corrected chi connectivity index (χ4v) is 3.34. The third kappa shape index (κ3) is 3.80. The Kier molecular flexibility index (Phi) is 4.97. The molecule has 1 aliphatic rings. The zero-order valence-corrected chi connectivity index (χ0v) is 14.4. The smallest absolute Gasteiger partial charge is 0.407 e. The number of rotatable bonds is 3. The summed E-state index contributed by atoms with van der Waals surface area (Å²) < 4.78 is 6.52. The van der Waals surface area contributed by atoms with Crippen molar-refractivity contribution in [1.29, 1.82) is 0 Å². The number of benzene rings is 2. The van der Waals surface area contributed by atoms with Crippen molar-refractivity contribution in [1.82, 2.24) is 5.32 Å². The fourth-order valence-electron chi connectivity index (χ4n) is 2.83. The monoisotopic (exact) mass is 407 g/mol. The van der Waals surface area contributed by atoms with E-state index in [1.54, 1.807) is 0 Å². The van der Waals surface area contributed by atoms with E-state index < -0.39 is 0 Å². The van der Waals surface area contributed by atoms with Gasteiger partial charge in [-0.25, -0.2) is 4.79 Å². The summed E-state index contributed by atoms with van der Waals surface area (Å²) in [6.45, 7) is 0.304. The Morgan fingerprint density at radius 2 is 2.05 bits per heavy atom. The summed E-state index contributed by atoms with van der Waals surface area (Å²) in [5.41, 5.74) is 3.56. The summed E-state index contributed by atoms with van der Waals surface area (Å²) in [4.78, 5) is 12.0. The van der Waals surface area contributed by atoms with Gasteiger partial charge in [-0.15, -0.1) is 0 Å². The number of hydrogen-bond acceptors (Lipinski definition) is 2. The van der Waals surface area contributed by atoms with Crippen molar-refractivity contribution in [3.63, 3.8) is 0 Å². The molecule has 1 N–H and O–H groups in total. The number of halogens is 1. The van der Waals surface area contributed by atoms with E-state index in [2.05, 4.69) is 46.1 Å². The van der Waals surface area contributed by atoms with Crippen molar-refractivity contribution in [3.05, 3.63) is 68.8 Å². The maximum Gasteiger partial charge on any atom is 0.407 e. The average molecular weight is 407 g/mol. The van der Waals surface area contributed by atoms with Gasteiger partial charge in [-0.3, -0.25) is 0 Å². The summed E-state index contributed by atoms with van der Waals surface area (Å²) in [6, 6.07) is 16.2. The van der Waals surface area contributed by atoms with E-state index >= 15 is 0 Å². The van der Waals surface area contributed by atoms with Crippen LogP contribution in [0.4, 0.5) is 4.79 Å². The molecule has 0 saturated carbocycles. The second-order valence-corrected chi connectivity index (χ2v) is 6.74. The standard InChI is InChI=1S/C18H18INO2/c19-15-10-9-14-7-4-8-17(16(14)11-15)20-18(21)22-12-13-5-2-1-3-6-13/h1-3,5-6,9-11,17H,4,7-8,12H2,(H,20,21). The highest BCUT2D eigenvalue weighted by Crippen LogP contribution is 2.30. The first kappa shape index (κ1) is 15.3. The van der Waals surface area contributed by atoms with Gasteiger partial charge in [0.2, 0.25) is 0 Å². The molecule has 2 aromatic carbocycles. The highest BCUT2D eigenvalue weighted by molar-refractivity contribution is 14.1. The third-order valence-electron chi connectivity index (χ3n) is 3.93. The number of aryl methyl sites for hydroxylation is 1. The first-order valence-electron chi connectivity index (χ1n) is 7.48. The predicted molar refractivity (Wildman–Crippen MR) is 94.6 cm³/mol. The number of hydrogen-bond donors (Lipinski definition) is 1. The van der Waals surface area contributed by atoms with Gasteiger partial charge in [0.05, 0.1) is 6.04 Å². The van der Waals surface area contributed by atoms with Crippen LogP contribution in [0.15, 0.2) is 48.5 Å². The van der Waals surface area contributed by atoms with Gasteiger partial charge in [0, 0.05) is 3.57 Å². The molecule has 114 valence electrons. The lowest BCUT2D eigenvalue weighted by Crippen LogP contribution is -2.31. The molecule has 22 heavy (non-hydrogen) atoms. The van der Waals surface area contributed by atoms with Gasteiger partial charge in [0.15, 0.2) is 0 Å². The highest BCUT2D eigenvalue weighted by atomic mass is 127. The molecule has 2 aromatic rings. The quantitative estimate of drug-likeness (QED) is 0.756. The van der Waals surface area contributed by atoms with Gasteiger partial charge < -0.3 is 10.1 Å². The normalized spacial score (nSPS) is 16.7. The van der Waals surface area contributed by atoms with Gasteiger partial charge in [-0.1, -0.05) is 36.4 Å².